The van der Waals surface area contributed by atoms with Crippen LogP contribution in [0.1, 0.15) is 11.3 Å². The molecule has 1 aromatic heterocycles. The highest BCUT2D eigenvalue weighted by atomic mass is 16.6. The van der Waals surface area contributed by atoms with Gasteiger partial charge < -0.3 is 14.2 Å². The Morgan fingerprint density at radius 1 is 0.963 bits per heavy atom. The summed E-state index contributed by atoms with van der Waals surface area (Å²) in [6.45, 7) is 0. The quantitative estimate of drug-likeness (QED) is 0.548. The molecule has 0 radical (unpaired) electrons. The number of rotatable bonds is 6. The summed E-state index contributed by atoms with van der Waals surface area (Å²) in [7, 11) is 6.89. The van der Waals surface area contributed by atoms with Gasteiger partial charge in [0, 0.05) is 19.7 Å². The second-order valence-corrected chi connectivity index (χ2v) is 5.45. The van der Waals surface area contributed by atoms with Crippen molar-refractivity contribution in [2.75, 3.05) is 21.3 Å². The van der Waals surface area contributed by atoms with E-state index in [1.165, 1.54) is 47.6 Å². The lowest BCUT2D eigenvalue weighted by atomic mass is 10.1. The summed E-state index contributed by atoms with van der Waals surface area (Å²) in [5, 5.41) is 11.4. The highest BCUT2D eigenvalue weighted by molar-refractivity contribution is 5.77. The second-order valence-electron chi connectivity index (χ2n) is 5.45. The van der Waals surface area contributed by atoms with Gasteiger partial charge in [-0.2, -0.15) is 0 Å². The summed E-state index contributed by atoms with van der Waals surface area (Å²) in [4.78, 5) is 34.8. The third kappa shape index (κ3) is 3.41. The molecule has 0 spiro atoms. The molecule has 0 fully saturated rings. The fraction of sp³-hybridized carbons (Fsp3) is 0.294. The lowest BCUT2D eigenvalue weighted by Crippen LogP contribution is -2.39. The van der Waals surface area contributed by atoms with Gasteiger partial charge in [0.15, 0.2) is 11.5 Å². The van der Waals surface area contributed by atoms with Crippen molar-refractivity contribution in [3.63, 3.8) is 0 Å². The topological polar surface area (TPSA) is 115 Å². The van der Waals surface area contributed by atoms with Crippen LogP contribution in [0, 0.1) is 10.1 Å². The van der Waals surface area contributed by atoms with Gasteiger partial charge >= 0.3 is 16.9 Å². The van der Waals surface area contributed by atoms with E-state index in [0.717, 1.165) is 4.57 Å². The third-order valence-electron chi connectivity index (χ3n) is 4.02. The average Bonchev–Trinajstić information content (AvgIpc) is 2.66. The van der Waals surface area contributed by atoms with E-state index in [4.69, 9.17) is 14.2 Å². The largest absolute Gasteiger partial charge is 0.493 e. The van der Waals surface area contributed by atoms with Crippen molar-refractivity contribution in [3.05, 3.63) is 54.3 Å². The molecule has 1 heterocycles. The Hall–Kier alpha value is -3.56. The maximum absolute atomic E-state index is 12.1. The zero-order valence-electron chi connectivity index (χ0n) is 15.5. The SMILES string of the molecule is COc1ccc(C=Cc2c([N+](=O)[O-])c(=O)n(C)c(=O)n2C)c(OC)c1OC. The first-order chi connectivity index (χ1) is 12.8. The van der Waals surface area contributed by atoms with E-state index in [1.807, 2.05) is 0 Å². The van der Waals surface area contributed by atoms with Crippen LogP contribution in [0.15, 0.2) is 21.7 Å². The predicted octanol–water partition coefficient (Wildman–Crippen LogP) is 1.19. The monoisotopic (exact) mass is 377 g/mol. The van der Waals surface area contributed by atoms with Crippen molar-refractivity contribution in [2.45, 2.75) is 0 Å². The van der Waals surface area contributed by atoms with Crippen molar-refractivity contribution in [1.82, 2.24) is 9.13 Å². The standard InChI is InChI=1S/C17H19N3O7/c1-18-11(13(20(23)24)16(21)19(2)17(18)22)8-6-10-7-9-12(25-3)15(27-5)14(10)26-4/h6-9H,1-5H3. The molecule has 0 saturated carbocycles. The maximum Gasteiger partial charge on any atom is 0.357 e. The van der Waals surface area contributed by atoms with Crippen molar-refractivity contribution < 1.29 is 19.1 Å². The zero-order valence-corrected chi connectivity index (χ0v) is 15.5. The van der Waals surface area contributed by atoms with Crippen molar-refractivity contribution in [3.8, 4) is 17.2 Å². The van der Waals surface area contributed by atoms with Crippen LogP contribution >= 0.6 is 0 Å². The number of methoxy groups -OCH3 is 3. The molecule has 0 aliphatic heterocycles. The number of ether oxygens (including phenoxy) is 3. The Morgan fingerprint density at radius 2 is 1.59 bits per heavy atom. The number of nitrogens with zero attached hydrogens (tertiary/aromatic N) is 3. The van der Waals surface area contributed by atoms with Crippen LogP contribution in [-0.2, 0) is 14.1 Å². The van der Waals surface area contributed by atoms with Gasteiger partial charge in [0.1, 0.15) is 5.69 Å². The highest BCUT2D eigenvalue weighted by Crippen LogP contribution is 2.40. The molecule has 2 rings (SSSR count). The van der Waals surface area contributed by atoms with E-state index in [9.17, 15) is 19.7 Å². The second kappa shape index (κ2) is 7.77. The van der Waals surface area contributed by atoms with Crippen LogP contribution < -0.4 is 25.5 Å². The van der Waals surface area contributed by atoms with Gasteiger partial charge in [-0.15, -0.1) is 0 Å². The minimum absolute atomic E-state index is 0.134. The number of benzene rings is 1. The summed E-state index contributed by atoms with van der Waals surface area (Å²) in [5.41, 5.74) is -1.98. The molecule has 0 unspecified atom stereocenters. The Balaban J connectivity index is 2.72. The normalized spacial score (nSPS) is 10.9. The van der Waals surface area contributed by atoms with Gasteiger partial charge in [0.05, 0.1) is 26.3 Å². The Bertz CT molecular complexity index is 1030. The minimum atomic E-state index is -0.984. The molecule has 1 aromatic carbocycles. The maximum atomic E-state index is 12.1. The van der Waals surface area contributed by atoms with Crippen molar-refractivity contribution in [2.24, 2.45) is 14.1 Å². The van der Waals surface area contributed by atoms with Gasteiger partial charge in [0.2, 0.25) is 5.75 Å². The number of aromatic nitrogens is 2. The van der Waals surface area contributed by atoms with E-state index in [-0.39, 0.29) is 5.69 Å². The third-order valence-corrected chi connectivity index (χ3v) is 4.02. The molecule has 10 nitrogen and oxygen atoms in total. The molecule has 27 heavy (non-hydrogen) atoms. The number of nitro groups is 1. The number of hydrogen-bond donors (Lipinski definition) is 0. The van der Waals surface area contributed by atoms with Gasteiger partial charge in [-0.25, -0.2) is 4.79 Å². The molecule has 0 saturated heterocycles. The molecule has 0 bridgehead atoms. The van der Waals surface area contributed by atoms with Gasteiger partial charge in [-0.05, 0) is 24.3 Å². The average molecular weight is 377 g/mol. The van der Waals surface area contributed by atoms with E-state index in [2.05, 4.69) is 0 Å². The molecule has 0 N–H and O–H groups in total. The Labute approximate surface area is 154 Å². The summed E-state index contributed by atoms with van der Waals surface area (Å²) < 4.78 is 17.6. The van der Waals surface area contributed by atoms with Crippen LogP contribution in [-0.4, -0.2) is 35.4 Å². The van der Waals surface area contributed by atoms with Gasteiger partial charge in [-0.3, -0.25) is 24.0 Å². The smallest absolute Gasteiger partial charge is 0.357 e. The van der Waals surface area contributed by atoms with E-state index in [0.29, 0.717) is 27.4 Å². The predicted molar refractivity (Wildman–Crippen MR) is 98.6 cm³/mol. The molecule has 144 valence electrons. The molecular weight excluding hydrogens is 358 g/mol. The Kier molecular flexibility index (Phi) is 5.69. The lowest BCUT2D eigenvalue weighted by molar-refractivity contribution is -0.387. The van der Waals surface area contributed by atoms with Crippen LogP contribution in [0.5, 0.6) is 17.2 Å². The Morgan fingerprint density at radius 3 is 2.11 bits per heavy atom. The van der Waals surface area contributed by atoms with E-state index in [1.54, 1.807) is 12.1 Å². The summed E-state index contributed by atoms with van der Waals surface area (Å²) in [6.07, 6.45) is 2.80. The molecule has 0 atom stereocenters. The molecule has 10 heteroatoms. The van der Waals surface area contributed by atoms with Crippen LogP contribution in [0.4, 0.5) is 5.69 Å². The summed E-state index contributed by atoms with van der Waals surface area (Å²) in [6, 6.07) is 3.29. The van der Waals surface area contributed by atoms with Crippen molar-refractivity contribution >= 4 is 17.8 Å². The number of hydrogen-bond acceptors (Lipinski definition) is 7. The fourth-order valence-corrected chi connectivity index (χ4v) is 2.63. The lowest BCUT2D eigenvalue weighted by Gasteiger charge is -2.14. The molecule has 2 aromatic rings. The zero-order chi connectivity index (χ0) is 20.3. The fourth-order valence-electron chi connectivity index (χ4n) is 2.63. The first-order valence-electron chi connectivity index (χ1n) is 7.69. The molecule has 0 aliphatic carbocycles. The summed E-state index contributed by atoms with van der Waals surface area (Å²) >= 11 is 0. The first kappa shape index (κ1) is 19.8. The highest BCUT2D eigenvalue weighted by Gasteiger charge is 2.24. The van der Waals surface area contributed by atoms with Crippen LogP contribution in [0.3, 0.4) is 0 Å². The molecular formula is C17H19N3O7. The minimum Gasteiger partial charge on any atom is -0.493 e. The van der Waals surface area contributed by atoms with Crippen LogP contribution in [0.2, 0.25) is 0 Å². The van der Waals surface area contributed by atoms with Gasteiger partial charge in [0.25, 0.3) is 0 Å². The molecule has 0 aliphatic rings. The van der Waals surface area contributed by atoms with Crippen molar-refractivity contribution in [1.29, 1.82) is 0 Å². The molecule has 0 amide bonds. The first-order valence-corrected chi connectivity index (χ1v) is 7.69. The van der Waals surface area contributed by atoms with E-state index < -0.39 is 21.9 Å². The summed E-state index contributed by atoms with van der Waals surface area (Å²) in [5.74, 6) is 1.12. The van der Waals surface area contributed by atoms with E-state index >= 15 is 0 Å². The van der Waals surface area contributed by atoms with Gasteiger partial charge in [-0.1, -0.05) is 0 Å². The van der Waals surface area contributed by atoms with Crippen LogP contribution in [0.25, 0.3) is 12.2 Å².